The highest BCUT2D eigenvalue weighted by Crippen LogP contribution is 2.27. The summed E-state index contributed by atoms with van der Waals surface area (Å²) < 4.78 is 5.96. The molecule has 146 valence electrons. The summed E-state index contributed by atoms with van der Waals surface area (Å²) in [6.45, 7) is -0.259. The van der Waals surface area contributed by atoms with Crippen molar-refractivity contribution in [2.24, 2.45) is 5.92 Å². The second-order valence-electron chi connectivity index (χ2n) is 6.16. The molecule has 0 saturated carbocycles. The van der Waals surface area contributed by atoms with Gasteiger partial charge in [-0.3, -0.25) is 14.4 Å². The van der Waals surface area contributed by atoms with Gasteiger partial charge in [0.1, 0.15) is 0 Å². The van der Waals surface area contributed by atoms with Crippen LogP contribution in [0.1, 0.15) is 6.42 Å². The molecule has 0 aromatic heterocycles. The van der Waals surface area contributed by atoms with E-state index in [1.807, 2.05) is 12.1 Å². The van der Waals surface area contributed by atoms with Crippen molar-refractivity contribution >= 4 is 68.3 Å². The van der Waals surface area contributed by atoms with Gasteiger partial charge < -0.3 is 15.0 Å². The van der Waals surface area contributed by atoms with Crippen molar-refractivity contribution < 1.29 is 19.1 Å². The van der Waals surface area contributed by atoms with E-state index in [1.54, 1.807) is 24.3 Å². The smallest absolute Gasteiger partial charge is 0.311 e. The van der Waals surface area contributed by atoms with E-state index in [0.717, 1.165) is 4.47 Å². The van der Waals surface area contributed by atoms with Gasteiger partial charge >= 0.3 is 5.97 Å². The topological polar surface area (TPSA) is 75.7 Å². The second-order valence-corrected chi connectivity index (χ2v) is 7.92. The Kier molecular flexibility index (Phi) is 6.59. The average Bonchev–Trinajstić information content (AvgIpc) is 3.04. The zero-order valence-corrected chi connectivity index (χ0v) is 17.6. The summed E-state index contributed by atoms with van der Waals surface area (Å²) in [4.78, 5) is 38.0. The summed E-state index contributed by atoms with van der Waals surface area (Å²) >= 11 is 15.1. The number of nitrogens with one attached hydrogen (secondary N) is 1. The van der Waals surface area contributed by atoms with E-state index in [1.165, 1.54) is 11.0 Å². The lowest BCUT2D eigenvalue weighted by Gasteiger charge is -2.16. The van der Waals surface area contributed by atoms with E-state index in [-0.39, 0.29) is 23.9 Å². The first-order chi connectivity index (χ1) is 13.3. The van der Waals surface area contributed by atoms with Gasteiger partial charge in [-0.25, -0.2) is 0 Å². The summed E-state index contributed by atoms with van der Waals surface area (Å²) in [5, 5.41) is 3.26. The highest BCUT2D eigenvalue weighted by Gasteiger charge is 2.36. The number of rotatable bonds is 5. The molecule has 1 N–H and O–H groups in total. The number of anilines is 2. The third-order valence-electron chi connectivity index (χ3n) is 4.15. The molecule has 1 aliphatic rings. The highest BCUT2D eigenvalue weighted by atomic mass is 79.9. The maximum Gasteiger partial charge on any atom is 0.311 e. The molecule has 0 unspecified atom stereocenters. The Balaban J connectivity index is 1.53. The number of benzene rings is 2. The second kappa shape index (κ2) is 8.94. The first-order valence-electron chi connectivity index (χ1n) is 8.31. The predicted molar refractivity (Wildman–Crippen MR) is 111 cm³/mol. The number of carbonyl (C=O) groups is 3. The first kappa shape index (κ1) is 20.6. The molecule has 0 radical (unpaired) electrons. The maximum atomic E-state index is 12.3. The molecule has 2 amide bonds. The first-order valence-corrected chi connectivity index (χ1v) is 9.86. The number of hydrogen-bond acceptors (Lipinski definition) is 4. The SMILES string of the molecule is O=C(COC(=O)[C@@H]1CC(=O)N(c2ccc(Br)cc2)C1)Nc1ccc(Cl)cc1Cl. The van der Waals surface area contributed by atoms with Crippen molar-refractivity contribution in [2.45, 2.75) is 6.42 Å². The van der Waals surface area contributed by atoms with Gasteiger partial charge in [0.05, 0.1) is 16.6 Å². The molecule has 9 heteroatoms. The van der Waals surface area contributed by atoms with E-state index >= 15 is 0 Å². The van der Waals surface area contributed by atoms with Gasteiger partial charge in [-0.1, -0.05) is 39.1 Å². The monoisotopic (exact) mass is 484 g/mol. The number of ether oxygens (including phenoxy) is 1. The molecule has 1 aliphatic heterocycles. The third kappa shape index (κ3) is 5.04. The molecule has 2 aromatic rings. The molecular formula is C19H15BrCl2N2O4. The summed E-state index contributed by atoms with van der Waals surface area (Å²) in [6.07, 6.45) is 0.0412. The van der Waals surface area contributed by atoms with Crippen molar-refractivity contribution in [3.63, 3.8) is 0 Å². The highest BCUT2D eigenvalue weighted by molar-refractivity contribution is 9.10. The van der Waals surface area contributed by atoms with Crippen LogP contribution in [0.5, 0.6) is 0 Å². The normalized spacial score (nSPS) is 16.2. The van der Waals surface area contributed by atoms with Gasteiger partial charge in [0.25, 0.3) is 5.91 Å². The summed E-state index contributed by atoms with van der Waals surface area (Å²) in [7, 11) is 0. The Morgan fingerprint density at radius 3 is 2.57 bits per heavy atom. The number of hydrogen-bond donors (Lipinski definition) is 1. The number of halogens is 3. The minimum absolute atomic E-state index is 0.0412. The summed E-state index contributed by atoms with van der Waals surface area (Å²) in [5.41, 5.74) is 1.07. The Bertz CT molecular complexity index is 921. The quantitative estimate of drug-likeness (QED) is 0.641. The summed E-state index contributed by atoms with van der Waals surface area (Å²) in [5.74, 6) is -1.92. The van der Waals surface area contributed by atoms with Crippen molar-refractivity contribution in [1.82, 2.24) is 0 Å². The number of carbonyl (C=O) groups excluding carboxylic acids is 3. The number of nitrogens with zero attached hydrogens (tertiary/aromatic N) is 1. The Morgan fingerprint density at radius 1 is 1.18 bits per heavy atom. The molecule has 3 rings (SSSR count). The minimum Gasteiger partial charge on any atom is -0.455 e. The van der Waals surface area contributed by atoms with Gasteiger partial charge in [0.2, 0.25) is 5.91 Å². The molecule has 1 fully saturated rings. The van der Waals surface area contributed by atoms with E-state index in [4.69, 9.17) is 27.9 Å². The zero-order chi connectivity index (χ0) is 20.3. The van der Waals surface area contributed by atoms with Crippen LogP contribution in [-0.4, -0.2) is 30.9 Å². The van der Waals surface area contributed by atoms with Gasteiger partial charge in [0.15, 0.2) is 6.61 Å². The fourth-order valence-corrected chi connectivity index (χ4v) is 3.49. The zero-order valence-electron chi connectivity index (χ0n) is 14.5. The van der Waals surface area contributed by atoms with Crippen LogP contribution < -0.4 is 10.2 Å². The fourth-order valence-electron chi connectivity index (χ4n) is 2.77. The standard InChI is InChI=1S/C19H15BrCl2N2O4/c20-12-1-4-14(5-2-12)24-9-11(7-18(24)26)19(27)28-10-17(25)23-16-6-3-13(21)8-15(16)22/h1-6,8,11H,7,9-10H2,(H,23,25)/t11-/m1/s1. The largest absolute Gasteiger partial charge is 0.455 e. The molecular weight excluding hydrogens is 471 g/mol. The van der Waals surface area contributed by atoms with Crippen molar-refractivity contribution in [2.75, 3.05) is 23.4 Å². The lowest BCUT2D eigenvalue weighted by molar-refractivity contribution is -0.151. The lowest BCUT2D eigenvalue weighted by Crippen LogP contribution is -2.28. The molecule has 1 heterocycles. The minimum atomic E-state index is -0.622. The van der Waals surface area contributed by atoms with Crippen LogP contribution in [0.15, 0.2) is 46.9 Å². The van der Waals surface area contributed by atoms with Crippen molar-refractivity contribution in [1.29, 1.82) is 0 Å². The van der Waals surface area contributed by atoms with Gasteiger partial charge in [-0.05, 0) is 42.5 Å². The molecule has 2 aromatic carbocycles. The number of esters is 1. The van der Waals surface area contributed by atoms with Crippen LogP contribution in [0.4, 0.5) is 11.4 Å². The Morgan fingerprint density at radius 2 is 1.89 bits per heavy atom. The Labute approximate surface area is 179 Å². The third-order valence-corrected chi connectivity index (χ3v) is 5.22. The Hall–Kier alpha value is -2.09. The van der Waals surface area contributed by atoms with Crippen LogP contribution in [-0.2, 0) is 19.1 Å². The van der Waals surface area contributed by atoms with Crippen LogP contribution in [0, 0.1) is 5.92 Å². The molecule has 0 aliphatic carbocycles. The van der Waals surface area contributed by atoms with Gasteiger partial charge in [-0.15, -0.1) is 0 Å². The summed E-state index contributed by atoms with van der Waals surface area (Å²) in [6, 6.07) is 11.8. The molecule has 6 nitrogen and oxygen atoms in total. The van der Waals surface area contributed by atoms with Crippen molar-refractivity contribution in [3.8, 4) is 0 Å². The van der Waals surface area contributed by atoms with Crippen LogP contribution >= 0.6 is 39.1 Å². The fraction of sp³-hybridized carbons (Fsp3) is 0.211. The molecule has 0 bridgehead atoms. The van der Waals surface area contributed by atoms with Gasteiger partial charge in [-0.2, -0.15) is 0 Å². The van der Waals surface area contributed by atoms with Crippen LogP contribution in [0.2, 0.25) is 10.0 Å². The predicted octanol–water partition coefficient (Wildman–Crippen LogP) is 4.29. The molecule has 0 spiro atoms. The van der Waals surface area contributed by atoms with Crippen LogP contribution in [0.3, 0.4) is 0 Å². The maximum absolute atomic E-state index is 12.3. The van der Waals surface area contributed by atoms with Crippen molar-refractivity contribution in [3.05, 3.63) is 57.0 Å². The average molecular weight is 486 g/mol. The van der Waals surface area contributed by atoms with E-state index in [9.17, 15) is 14.4 Å². The number of amides is 2. The van der Waals surface area contributed by atoms with Gasteiger partial charge in [0, 0.05) is 28.1 Å². The molecule has 1 saturated heterocycles. The van der Waals surface area contributed by atoms with Crippen LogP contribution in [0.25, 0.3) is 0 Å². The van der Waals surface area contributed by atoms with E-state index in [0.29, 0.717) is 16.4 Å². The molecule has 28 heavy (non-hydrogen) atoms. The van der Waals surface area contributed by atoms with E-state index < -0.39 is 24.4 Å². The van der Waals surface area contributed by atoms with E-state index in [2.05, 4.69) is 21.2 Å². The molecule has 1 atom stereocenters. The lowest BCUT2D eigenvalue weighted by atomic mass is 10.1.